The van der Waals surface area contributed by atoms with Crippen LogP contribution in [0.4, 0.5) is 0 Å². The summed E-state index contributed by atoms with van der Waals surface area (Å²) in [6.45, 7) is 1.76. The molecule has 1 N–H and O–H groups in total. The van der Waals surface area contributed by atoms with Crippen LogP contribution in [0.5, 0.6) is 11.5 Å². The van der Waals surface area contributed by atoms with Crippen molar-refractivity contribution in [2.45, 2.75) is 25.8 Å². The van der Waals surface area contributed by atoms with E-state index in [0.717, 1.165) is 49.4 Å². The molecule has 0 saturated heterocycles. The minimum absolute atomic E-state index is 0.795. The van der Waals surface area contributed by atoms with Gasteiger partial charge in [-0.15, -0.1) is 12.3 Å². The Morgan fingerprint density at radius 1 is 1.22 bits per heavy atom. The maximum absolute atomic E-state index is 5.34. The average molecular weight is 247 g/mol. The number of hydrogen-bond donors (Lipinski definition) is 1. The van der Waals surface area contributed by atoms with Crippen molar-refractivity contribution in [2.24, 2.45) is 0 Å². The first-order valence-electron chi connectivity index (χ1n) is 6.17. The van der Waals surface area contributed by atoms with Gasteiger partial charge in [-0.25, -0.2) is 0 Å². The highest BCUT2D eigenvalue weighted by atomic mass is 16.5. The lowest BCUT2D eigenvalue weighted by Crippen LogP contribution is -2.15. The molecule has 0 radical (unpaired) electrons. The molecule has 0 fully saturated rings. The summed E-state index contributed by atoms with van der Waals surface area (Å²) < 4.78 is 10.5. The van der Waals surface area contributed by atoms with Gasteiger partial charge in [0, 0.05) is 24.6 Å². The van der Waals surface area contributed by atoms with E-state index in [1.54, 1.807) is 14.2 Å². The first-order valence-corrected chi connectivity index (χ1v) is 6.17. The predicted octanol–water partition coefficient (Wildman–Crippen LogP) is 2.60. The molecule has 0 aromatic heterocycles. The molecule has 0 unspecified atom stereocenters. The van der Waals surface area contributed by atoms with Gasteiger partial charge in [-0.2, -0.15) is 0 Å². The number of hydrogen-bond acceptors (Lipinski definition) is 3. The van der Waals surface area contributed by atoms with Crippen LogP contribution in [0.25, 0.3) is 0 Å². The van der Waals surface area contributed by atoms with Gasteiger partial charge in [0.2, 0.25) is 0 Å². The number of benzene rings is 1. The first kappa shape index (κ1) is 14.4. The van der Waals surface area contributed by atoms with Crippen LogP contribution in [0.15, 0.2) is 18.2 Å². The van der Waals surface area contributed by atoms with Crippen LogP contribution >= 0.6 is 0 Å². The molecule has 0 spiro atoms. The molecule has 1 rings (SSSR count). The molecule has 3 nitrogen and oxygen atoms in total. The van der Waals surface area contributed by atoms with E-state index in [-0.39, 0.29) is 0 Å². The van der Waals surface area contributed by atoms with Crippen molar-refractivity contribution in [2.75, 3.05) is 20.8 Å². The van der Waals surface area contributed by atoms with E-state index in [1.807, 2.05) is 18.2 Å². The number of nitrogens with one attached hydrogen (secondary N) is 1. The lowest BCUT2D eigenvalue weighted by Gasteiger charge is -2.11. The number of terminal acetylenes is 1. The van der Waals surface area contributed by atoms with Gasteiger partial charge in [0.15, 0.2) is 0 Å². The Morgan fingerprint density at radius 2 is 2.06 bits per heavy atom. The number of rotatable bonds is 8. The average Bonchev–Trinajstić information content (AvgIpc) is 2.42. The molecule has 0 aliphatic carbocycles. The van der Waals surface area contributed by atoms with Gasteiger partial charge in [0.25, 0.3) is 0 Å². The monoisotopic (exact) mass is 247 g/mol. The van der Waals surface area contributed by atoms with E-state index in [9.17, 15) is 0 Å². The molecule has 0 amide bonds. The lowest BCUT2D eigenvalue weighted by atomic mass is 10.2. The maximum atomic E-state index is 5.34. The first-order chi connectivity index (χ1) is 8.81. The fourth-order valence-electron chi connectivity index (χ4n) is 1.70. The molecule has 18 heavy (non-hydrogen) atoms. The third kappa shape index (κ3) is 4.68. The summed E-state index contributed by atoms with van der Waals surface area (Å²) >= 11 is 0. The Kier molecular flexibility index (Phi) is 6.75. The Morgan fingerprint density at radius 3 is 2.72 bits per heavy atom. The lowest BCUT2D eigenvalue weighted by molar-refractivity contribution is 0.389. The Hall–Kier alpha value is -1.66. The number of ether oxygens (including phenoxy) is 2. The highest BCUT2D eigenvalue weighted by Crippen LogP contribution is 2.24. The van der Waals surface area contributed by atoms with Gasteiger partial charge in [-0.05, 0) is 25.5 Å². The molecule has 0 heterocycles. The zero-order valence-electron chi connectivity index (χ0n) is 11.2. The number of unbranched alkanes of at least 4 members (excludes halogenated alkanes) is 2. The molecular weight excluding hydrogens is 226 g/mol. The molecule has 98 valence electrons. The van der Waals surface area contributed by atoms with Crippen LogP contribution in [0, 0.1) is 12.3 Å². The summed E-state index contributed by atoms with van der Waals surface area (Å²) in [4.78, 5) is 0. The minimum atomic E-state index is 0.795. The molecule has 0 aliphatic heterocycles. The normalized spacial score (nSPS) is 9.83. The van der Waals surface area contributed by atoms with Gasteiger partial charge in [-0.3, -0.25) is 0 Å². The Labute approximate surface area is 109 Å². The molecule has 3 heteroatoms. The quantitative estimate of drug-likeness (QED) is 0.566. The molecule has 1 aromatic carbocycles. The van der Waals surface area contributed by atoms with E-state index in [0.29, 0.717) is 0 Å². The van der Waals surface area contributed by atoms with Crippen LogP contribution in [0.2, 0.25) is 0 Å². The number of methoxy groups -OCH3 is 2. The zero-order valence-corrected chi connectivity index (χ0v) is 11.2. The summed E-state index contributed by atoms with van der Waals surface area (Å²) in [6.07, 6.45) is 8.23. The van der Waals surface area contributed by atoms with E-state index in [2.05, 4.69) is 11.2 Å². The van der Waals surface area contributed by atoms with E-state index in [4.69, 9.17) is 15.9 Å². The van der Waals surface area contributed by atoms with Crippen molar-refractivity contribution in [3.05, 3.63) is 23.8 Å². The molecule has 0 atom stereocenters. The van der Waals surface area contributed by atoms with Crippen molar-refractivity contribution in [3.8, 4) is 23.8 Å². The van der Waals surface area contributed by atoms with Gasteiger partial charge < -0.3 is 14.8 Å². The summed E-state index contributed by atoms with van der Waals surface area (Å²) in [5.41, 5.74) is 1.13. The van der Waals surface area contributed by atoms with Crippen molar-refractivity contribution in [1.82, 2.24) is 5.32 Å². The SMILES string of the molecule is C#CCCCCNCc1ccc(OC)cc1OC. The standard InChI is InChI=1S/C15H21NO2/c1-4-5-6-7-10-16-12-13-8-9-14(17-2)11-15(13)18-3/h1,8-9,11,16H,5-7,10,12H2,2-3H3. The van der Waals surface area contributed by atoms with Gasteiger partial charge >= 0.3 is 0 Å². The van der Waals surface area contributed by atoms with Crippen LogP contribution in [-0.4, -0.2) is 20.8 Å². The molecule has 0 bridgehead atoms. The zero-order chi connectivity index (χ0) is 13.2. The Bertz CT molecular complexity index is 396. The Balaban J connectivity index is 2.40. The summed E-state index contributed by atoms with van der Waals surface area (Å²) in [7, 11) is 3.32. The van der Waals surface area contributed by atoms with E-state index in [1.165, 1.54) is 0 Å². The minimum Gasteiger partial charge on any atom is -0.497 e. The van der Waals surface area contributed by atoms with E-state index >= 15 is 0 Å². The van der Waals surface area contributed by atoms with Crippen molar-refractivity contribution in [3.63, 3.8) is 0 Å². The fraction of sp³-hybridized carbons (Fsp3) is 0.467. The second-order valence-electron chi connectivity index (χ2n) is 4.02. The molecule has 0 aliphatic rings. The fourth-order valence-corrected chi connectivity index (χ4v) is 1.70. The molecular formula is C15H21NO2. The van der Waals surface area contributed by atoms with Crippen LogP contribution in [0.3, 0.4) is 0 Å². The van der Waals surface area contributed by atoms with Crippen molar-refractivity contribution >= 4 is 0 Å². The van der Waals surface area contributed by atoms with Gasteiger partial charge in [0.05, 0.1) is 14.2 Å². The summed E-state index contributed by atoms with van der Waals surface area (Å²) in [6, 6.07) is 5.86. The van der Waals surface area contributed by atoms with Crippen LogP contribution < -0.4 is 14.8 Å². The van der Waals surface area contributed by atoms with Crippen molar-refractivity contribution in [1.29, 1.82) is 0 Å². The summed E-state index contributed by atoms with van der Waals surface area (Å²) in [5.74, 6) is 4.31. The predicted molar refractivity (Wildman–Crippen MR) is 73.9 cm³/mol. The summed E-state index contributed by atoms with van der Waals surface area (Å²) in [5, 5.41) is 3.38. The molecule has 0 saturated carbocycles. The van der Waals surface area contributed by atoms with Gasteiger partial charge in [-0.1, -0.05) is 6.07 Å². The smallest absolute Gasteiger partial charge is 0.127 e. The van der Waals surface area contributed by atoms with Crippen LogP contribution in [0.1, 0.15) is 24.8 Å². The topological polar surface area (TPSA) is 30.5 Å². The third-order valence-corrected chi connectivity index (χ3v) is 2.73. The third-order valence-electron chi connectivity index (χ3n) is 2.73. The van der Waals surface area contributed by atoms with Gasteiger partial charge in [0.1, 0.15) is 11.5 Å². The largest absolute Gasteiger partial charge is 0.497 e. The van der Waals surface area contributed by atoms with Crippen LogP contribution in [-0.2, 0) is 6.54 Å². The maximum Gasteiger partial charge on any atom is 0.127 e. The second-order valence-corrected chi connectivity index (χ2v) is 4.02. The van der Waals surface area contributed by atoms with E-state index < -0.39 is 0 Å². The van der Waals surface area contributed by atoms with Crippen molar-refractivity contribution < 1.29 is 9.47 Å². The highest BCUT2D eigenvalue weighted by molar-refractivity contribution is 5.40. The second kappa shape index (κ2) is 8.43. The highest BCUT2D eigenvalue weighted by Gasteiger charge is 2.04. The molecule has 1 aromatic rings.